The van der Waals surface area contributed by atoms with E-state index < -0.39 is 0 Å². The number of hydrogen-bond acceptors (Lipinski definition) is 2. The highest BCUT2D eigenvalue weighted by atomic mass is 19.1. The molecule has 0 heterocycles. The minimum absolute atomic E-state index is 0.165. The molecule has 0 radical (unpaired) electrons. The smallest absolute Gasteiger partial charge is 0.119 e. The van der Waals surface area contributed by atoms with Crippen LogP contribution in [0.5, 0.6) is 5.75 Å². The van der Waals surface area contributed by atoms with E-state index in [9.17, 15) is 4.39 Å². The molecule has 0 amide bonds. The van der Waals surface area contributed by atoms with Gasteiger partial charge in [0.15, 0.2) is 0 Å². The summed E-state index contributed by atoms with van der Waals surface area (Å²) in [6.07, 6.45) is 0.498. The van der Waals surface area contributed by atoms with Gasteiger partial charge in [0.05, 0.1) is 6.33 Å². The topological polar surface area (TPSA) is 35.2 Å². The predicted molar refractivity (Wildman–Crippen MR) is 75.6 cm³/mol. The highest BCUT2D eigenvalue weighted by Crippen LogP contribution is 2.22. The van der Waals surface area contributed by atoms with Crippen LogP contribution in [0.2, 0.25) is 0 Å². The Labute approximate surface area is 112 Å². The minimum Gasteiger partial charge on any atom is -0.489 e. The zero-order valence-electron chi connectivity index (χ0n) is 10.6. The van der Waals surface area contributed by atoms with Crippen molar-refractivity contribution in [1.82, 2.24) is 0 Å². The minimum atomic E-state index is 0.165. The molecule has 2 nitrogen and oxygen atoms in total. The second-order valence-corrected chi connectivity index (χ2v) is 4.15. The molecular formula is C16H16FNO. The summed E-state index contributed by atoms with van der Waals surface area (Å²) >= 11 is 0. The third-order valence-electron chi connectivity index (χ3n) is 2.80. The summed E-state index contributed by atoms with van der Waals surface area (Å²) in [5, 5.41) is 0. The predicted octanol–water partition coefficient (Wildman–Crippen LogP) is 3.54. The van der Waals surface area contributed by atoms with Crippen molar-refractivity contribution in [1.29, 1.82) is 0 Å². The Hall–Kier alpha value is -2.13. The number of benzene rings is 2. The van der Waals surface area contributed by atoms with Crippen molar-refractivity contribution >= 4 is 0 Å². The standard InChI is InChI=1S/C16H16FNO/c17-10-13(11-18)12-19-16-8-6-15(7-9-16)14-4-2-1-3-5-14/h1-10H,11-12,18H2/b13-10-. The second-order valence-electron chi connectivity index (χ2n) is 4.15. The molecule has 2 aromatic rings. The van der Waals surface area contributed by atoms with E-state index in [-0.39, 0.29) is 13.2 Å². The lowest BCUT2D eigenvalue weighted by atomic mass is 10.1. The number of hydrogen-bond donors (Lipinski definition) is 1. The fourth-order valence-corrected chi connectivity index (χ4v) is 1.69. The van der Waals surface area contributed by atoms with E-state index in [0.717, 1.165) is 11.1 Å². The van der Waals surface area contributed by atoms with Crippen LogP contribution in [-0.2, 0) is 0 Å². The van der Waals surface area contributed by atoms with Gasteiger partial charge in [0, 0.05) is 12.1 Å². The van der Waals surface area contributed by atoms with Gasteiger partial charge in [0.25, 0.3) is 0 Å². The Morgan fingerprint density at radius 1 is 1.00 bits per heavy atom. The highest BCUT2D eigenvalue weighted by Gasteiger charge is 2.00. The first-order valence-corrected chi connectivity index (χ1v) is 6.10. The van der Waals surface area contributed by atoms with Crippen molar-refractivity contribution < 1.29 is 9.13 Å². The molecule has 2 rings (SSSR count). The van der Waals surface area contributed by atoms with E-state index in [1.54, 1.807) is 0 Å². The zero-order chi connectivity index (χ0) is 13.5. The number of rotatable bonds is 5. The van der Waals surface area contributed by atoms with Gasteiger partial charge in [0.1, 0.15) is 12.4 Å². The van der Waals surface area contributed by atoms with Gasteiger partial charge < -0.3 is 10.5 Å². The maximum atomic E-state index is 12.3. The molecule has 0 bridgehead atoms. The van der Waals surface area contributed by atoms with Crippen LogP contribution in [0.15, 0.2) is 66.5 Å². The molecule has 2 aromatic carbocycles. The van der Waals surface area contributed by atoms with Crippen molar-refractivity contribution in [2.75, 3.05) is 13.2 Å². The molecule has 0 aliphatic heterocycles. The third kappa shape index (κ3) is 3.66. The first kappa shape index (κ1) is 13.3. The van der Waals surface area contributed by atoms with Crippen LogP contribution >= 0.6 is 0 Å². The monoisotopic (exact) mass is 257 g/mol. The largest absolute Gasteiger partial charge is 0.489 e. The van der Waals surface area contributed by atoms with Crippen LogP contribution in [0.3, 0.4) is 0 Å². The SMILES string of the molecule is NC/C(=C/F)COc1ccc(-c2ccccc2)cc1. The normalized spacial score (nSPS) is 11.4. The molecule has 3 heteroatoms. The van der Waals surface area contributed by atoms with Crippen LogP contribution in [0, 0.1) is 0 Å². The molecule has 0 aliphatic rings. The number of ether oxygens (including phenoxy) is 1. The van der Waals surface area contributed by atoms with Crippen LogP contribution in [0.1, 0.15) is 0 Å². The van der Waals surface area contributed by atoms with Crippen LogP contribution in [0.4, 0.5) is 4.39 Å². The van der Waals surface area contributed by atoms with Gasteiger partial charge in [0.2, 0.25) is 0 Å². The molecule has 0 aromatic heterocycles. The summed E-state index contributed by atoms with van der Waals surface area (Å²) in [5.41, 5.74) is 8.07. The van der Waals surface area contributed by atoms with E-state index in [0.29, 0.717) is 17.7 Å². The molecule has 0 saturated carbocycles. The van der Waals surface area contributed by atoms with Gasteiger partial charge in [-0.1, -0.05) is 42.5 Å². The van der Waals surface area contributed by atoms with Crippen molar-refractivity contribution in [3.05, 3.63) is 66.5 Å². The van der Waals surface area contributed by atoms with E-state index in [2.05, 4.69) is 0 Å². The summed E-state index contributed by atoms with van der Waals surface area (Å²) in [4.78, 5) is 0. The summed E-state index contributed by atoms with van der Waals surface area (Å²) in [7, 11) is 0. The average Bonchev–Trinajstić information content (AvgIpc) is 2.50. The quantitative estimate of drug-likeness (QED) is 0.889. The van der Waals surface area contributed by atoms with Crippen LogP contribution in [0.25, 0.3) is 11.1 Å². The van der Waals surface area contributed by atoms with Crippen molar-refractivity contribution in [2.45, 2.75) is 0 Å². The van der Waals surface area contributed by atoms with Gasteiger partial charge in [-0.3, -0.25) is 0 Å². The van der Waals surface area contributed by atoms with Crippen molar-refractivity contribution in [3.63, 3.8) is 0 Å². The Balaban J connectivity index is 2.03. The van der Waals surface area contributed by atoms with E-state index in [4.69, 9.17) is 10.5 Å². The Kier molecular flexibility index (Phi) is 4.70. The summed E-state index contributed by atoms with van der Waals surface area (Å²) in [6.45, 7) is 0.344. The van der Waals surface area contributed by atoms with Crippen LogP contribution < -0.4 is 10.5 Å². The molecule has 0 unspecified atom stereocenters. The van der Waals surface area contributed by atoms with Crippen molar-refractivity contribution in [2.24, 2.45) is 5.73 Å². The van der Waals surface area contributed by atoms with Gasteiger partial charge in [-0.25, -0.2) is 4.39 Å². The van der Waals surface area contributed by atoms with Gasteiger partial charge >= 0.3 is 0 Å². The maximum Gasteiger partial charge on any atom is 0.119 e. The molecule has 0 atom stereocenters. The lowest BCUT2D eigenvalue weighted by molar-refractivity contribution is 0.347. The molecule has 0 fully saturated rings. The Morgan fingerprint density at radius 3 is 2.21 bits per heavy atom. The van der Waals surface area contributed by atoms with E-state index >= 15 is 0 Å². The molecule has 0 spiro atoms. The molecule has 2 N–H and O–H groups in total. The van der Waals surface area contributed by atoms with Gasteiger partial charge in [-0.2, -0.15) is 0 Å². The van der Waals surface area contributed by atoms with E-state index in [1.807, 2.05) is 54.6 Å². The molecule has 19 heavy (non-hydrogen) atoms. The maximum absolute atomic E-state index is 12.3. The first-order chi connectivity index (χ1) is 9.33. The lowest BCUT2D eigenvalue weighted by Crippen LogP contribution is -2.10. The molecule has 0 saturated heterocycles. The van der Waals surface area contributed by atoms with Crippen LogP contribution in [-0.4, -0.2) is 13.2 Å². The van der Waals surface area contributed by atoms with Crippen molar-refractivity contribution in [3.8, 4) is 16.9 Å². The number of halogens is 1. The fourth-order valence-electron chi connectivity index (χ4n) is 1.69. The summed E-state index contributed by atoms with van der Waals surface area (Å²) in [5.74, 6) is 0.701. The molecule has 0 aliphatic carbocycles. The van der Waals surface area contributed by atoms with E-state index in [1.165, 1.54) is 0 Å². The molecule has 98 valence electrons. The lowest BCUT2D eigenvalue weighted by Gasteiger charge is -2.08. The summed E-state index contributed by atoms with van der Waals surface area (Å²) in [6, 6.07) is 17.8. The Morgan fingerprint density at radius 2 is 1.63 bits per heavy atom. The highest BCUT2D eigenvalue weighted by molar-refractivity contribution is 5.63. The first-order valence-electron chi connectivity index (χ1n) is 6.10. The number of nitrogens with two attached hydrogens (primary N) is 1. The fraction of sp³-hybridized carbons (Fsp3) is 0.125. The molecular weight excluding hydrogens is 241 g/mol. The zero-order valence-corrected chi connectivity index (χ0v) is 10.6. The Bertz CT molecular complexity index is 534. The third-order valence-corrected chi connectivity index (χ3v) is 2.80. The average molecular weight is 257 g/mol. The second kappa shape index (κ2) is 6.71. The van der Waals surface area contributed by atoms with Gasteiger partial charge in [-0.05, 0) is 23.3 Å². The summed E-state index contributed by atoms with van der Waals surface area (Å²) < 4.78 is 17.8. The van der Waals surface area contributed by atoms with Gasteiger partial charge in [-0.15, -0.1) is 0 Å².